The molecule has 24 heavy (non-hydrogen) atoms. The van der Waals surface area contributed by atoms with Gasteiger partial charge in [-0.3, -0.25) is 14.5 Å². The number of piperidine rings is 1. The Morgan fingerprint density at radius 2 is 1.71 bits per heavy atom. The minimum absolute atomic E-state index is 0.343. The lowest BCUT2D eigenvalue weighted by Crippen LogP contribution is -2.44. The van der Waals surface area contributed by atoms with E-state index >= 15 is 0 Å². The average molecular weight is 331 g/mol. The summed E-state index contributed by atoms with van der Waals surface area (Å²) in [5, 5.41) is 5.42. The molecule has 0 bridgehead atoms. The van der Waals surface area contributed by atoms with Crippen molar-refractivity contribution in [2.75, 3.05) is 26.2 Å². The highest BCUT2D eigenvalue weighted by Crippen LogP contribution is 2.18. The highest BCUT2D eigenvalue weighted by Gasteiger charge is 2.21. The summed E-state index contributed by atoms with van der Waals surface area (Å²) < 4.78 is 0. The molecule has 0 spiro atoms. The first-order chi connectivity index (χ1) is 11.5. The molecule has 1 aromatic carbocycles. The maximum Gasteiger partial charge on any atom is 0.309 e. The van der Waals surface area contributed by atoms with Crippen molar-refractivity contribution < 1.29 is 9.59 Å². The van der Waals surface area contributed by atoms with Crippen LogP contribution < -0.4 is 10.6 Å². The molecule has 1 saturated heterocycles. The van der Waals surface area contributed by atoms with Gasteiger partial charge in [-0.2, -0.15) is 0 Å². The number of likely N-dealkylation sites (tertiary alicyclic amines) is 1. The Bertz CT molecular complexity index is 523. The number of nitrogens with one attached hydrogen (secondary N) is 2. The fraction of sp³-hybridized carbons (Fsp3) is 0.579. The molecule has 5 nitrogen and oxygen atoms in total. The zero-order valence-electron chi connectivity index (χ0n) is 14.8. The maximum absolute atomic E-state index is 11.8. The minimum Gasteiger partial charge on any atom is -0.348 e. The second-order valence-electron chi connectivity index (χ2n) is 7.02. The van der Waals surface area contributed by atoms with Gasteiger partial charge in [0, 0.05) is 19.6 Å². The molecule has 1 aliphatic heterocycles. The van der Waals surface area contributed by atoms with Gasteiger partial charge >= 0.3 is 11.8 Å². The summed E-state index contributed by atoms with van der Waals surface area (Å²) in [5.74, 6) is -0.234. The number of hydrogen-bond donors (Lipinski definition) is 2. The van der Waals surface area contributed by atoms with E-state index in [2.05, 4.69) is 39.8 Å². The normalized spacial score (nSPS) is 16.1. The SMILES string of the molecule is CC(C)CNC(=O)C(=O)NCC1CCN(Cc2ccccc2)CC1. The smallest absolute Gasteiger partial charge is 0.309 e. The lowest BCUT2D eigenvalue weighted by molar-refractivity contribution is -0.139. The van der Waals surface area contributed by atoms with Crippen LogP contribution in [0.3, 0.4) is 0 Å². The number of amides is 2. The summed E-state index contributed by atoms with van der Waals surface area (Å²) in [6.07, 6.45) is 2.11. The Labute approximate surface area is 144 Å². The molecule has 2 rings (SSSR count). The lowest BCUT2D eigenvalue weighted by Gasteiger charge is -2.32. The molecule has 0 saturated carbocycles. The Morgan fingerprint density at radius 1 is 1.08 bits per heavy atom. The molecular formula is C19H29N3O2. The van der Waals surface area contributed by atoms with E-state index < -0.39 is 11.8 Å². The second-order valence-corrected chi connectivity index (χ2v) is 7.02. The lowest BCUT2D eigenvalue weighted by atomic mass is 9.96. The molecule has 1 aromatic rings. The Hall–Kier alpha value is -1.88. The van der Waals surface area contributed by atoms with Crippen molar-refractivity contribution in [2.24, 2.45) is 11.8 Å². The second kappa shape index (κ2) is 9.42. The molecule has 0 unspecified atom stereocenters. The number of carbonyl (C=O) groups is 2. The topological polar surface area (TPSA) is 61.4 Å². The van der Waals surface area contributed by atoms with E-state index in [4.69, 9.17) is 0 Å². The molecule has 0 atom stereocenters. The fourth-order valence-corrected chi connectivity index (χ4v) is 2.88. The van der Waals surface area contributed by atoms with E-state index in [1.54, 1.807) is 0 Å². The van der Waals surface area contributed by atoms with Gasteiger partial charge in [-0.25, -0.2) is 0 Å². The quantitative estimate of drug-likeness (QED) is 0.781. The molecular weight excluding hydrogens is 302 g/mol. The first-order valence-corrected chi connectivity index (χ1v) is 8.87. The van der Waals surface area contributed by atoms with Gasteiger partial charge in [0.15, 0.2) is 0 Å². The first kappa shape index (κ1) is 18.5. The van der Waals surface area contributed by atoms with Gasteiger partial charge in [-0.1, -0.05) is 44.2 Å². The van der Waals surface area contributed by atoms with E-state index in [0.717, 1.165) is 32.5 Å². The van der Waals surface area contributed by atoms with Crippen LogP contribution in [0.2, 0.25) is 0 Å². The van der Waals surface area contributed by atoms with Crippen molar-refractivity contribution in [3.05, 3.63) is 35.9 Å². The van der Waals surface area contributed by atoms with Crippen molar-refractivity contribution in [2.45, 2.75) is 33.2 Å². The zero-order valence-corrected chi connectivity index (χ0v) is 14.8. The van der Waals surface area contributed by atoms with Gasteiger partial charge in [-0.15, -0.1) is 0 Å². The molecule has 0 aliphatic carbocycles. The van der Waals surface area contributed by atoms with Crippen LogP contribution in [0.5, 0.6) is 0 Å². The molecule has 1 fully saturated rings. The highest BCUT2D eigenvalue weighted by molar-refractivity contribution is 6.35. The van der Waals surface area contributed by atoms with Gasteiger partial charge < -0.3 is 10.6 Å². The van der Waals surface area contributed by atoms with Crippen LogP contribution in [-0.4, -0.2) is 42.9 Å². The van der Waals surface area contributed by atoms with Crippen molar-refractivity contribution in [3.63, 3.8) is 0 Å². The molecule has 132 valence electrons. The molecule has 0 aromatic heterocycles. The van der Waals surface area contributed by atoms with Crippen LogP contribution in [-0.2, 0) is 16.1 Å². The Kier molecular flexibility index (Phi) is 7.25. The number of rotatable bonds is 6. The van der Waals surface area contributed by atoms with E-state index in [0.29, 0.717) is 24.9 Å². The van der Waals surface area contributed by atoms with Crippen LogP contribution in [0.1, 0.15) is 32.3 Å². The van der Waals surface area contributed by atoms with Gasteiger partial charge in [0.05, 0.1) is 0 Å². The number of benzene rings is 1. The van der Waals surface area contributed by atoms with Crippen LogP contribution >= 0.6 is 0 Å². The van der Waals surface area contributed by atoms with Gasteiger partial charge in [0.2, 0.25) is 0 Å². The fourth-order valence-electron chi connectivity index (χ4n) is 2.88. The summed E-state index contributed by atoms with van der Waals surface area (Å²) in [6.45, 7) is 8.18. The number of nitrogens with zero attached hydrogens (tertiary/aromatic N) is 1. The minimum atomic E-state index is -0.523. The van der Waals surface area contributed by atoms with Crippen molar-refractivity contribution in [1.82, 2.24) is 15.5 Å². The van der Waals surface area contributed by atoms with Crippen LogP contribution in [0.4, 0.5) is 0 Å². The van der Waals surface area contributed by atoms with Gasteiger partial charge in [-0.05, 0) is 43.3 Å². The molecule has 2 N–H and O–H groups in total. The number of hydrogen-bond acceptors (Lipinski definition) is 3. The zero-order chi connectivity index (χ0) is 17.4. The van der Waals surface area contributed by atoms with Crippen molar-refractivity contribution in [3.8, 4) is 0 Å². The van der Waals surface area contributed by atoms with Crippen LogP contribution in [0.25, 0.3) is 0 Å². The molecule has 2 amide bonds. The highest BCUT2D eigenvalue weighted by atomic mass is 16.2. The van der Waals surface area contributed by atoms with Crippen molar-refractivity contribution >= 4 is 11.8 Å². The summed E-state index contributed by atoms with van der Waals surface area (Å²) >= 11 is 0. The van der Waals surface area contributed by atoms with Gasteiger partial charge in [0.1, 0.15) is 0 Å². The third-order valence-corrected chi connectivity index (χ3v) is 4.38. The van der Waals surface area contributed by atoms with E-state index in [1.165, 1.54) is 5.56 Å². The molecule has 5 heteroatoms. The standard InChI is InChI=1S/C19H29N3O2/c1-15(2)12-20-18(23)19(24)21-13-16-8-10-22(11-9-16)14-17-6-4-3-5-7-17/h3-7,15-16H,8-14H2,1-2H3,(H,20,23)(H,21,24). The predicted molar refractivity (Wildman–Crippen MR) is 95.3 cm³/mol. The molecule has 0 radical (unpaired) electrons. The Balaban J connectivity index is 1.64. The van der Waals surface area contributed by atoms with Crippen LogP contribution in [0.15, 0.2) is 30.3 Å². The summed E-state index contributed by atoms with van der Waals surface area (Å²) in [6, 6.07) is 10.5. The summed E-state index contributed by atoms with van der Waals surface area (Å²) in [7, 11) is 0. The monoisotopic (exact) mass is 331 g/mol. The molecule has 1 heterocycles. The summed E-state index contributed by atoms with van der Waals surface area (Å²) in [4.78, 5) is 25.9. The van der Waals surface area contributed by atoms with E-state index in [1.807, 2.05) is 19.9 Å². The maximum atomic E-state index is 11.8. The molecule has 1 aliphatic rings. The summed E-state index contributed by atoms with van der Waals surface area (Å²) in [5.41, 5.74) is 1.34. The largest absolute Gasteiger partial charge is 0.348 e. The first-order valence-electron chi connectivity index (χ1n) is 8.87. The van der Waals surface area contributed by atoms with Crippen molar-refractivity contribution in [1.29, 1.82) is 0 Å². The van der Waals surface area contributed by atoms with Crippen LogP contribution in [0, 0.1) is 11.8 Å². The Morgan fingerprint density at radius 3 is 2.33 bits per heavy atom. The third kappa shape index (κ3) is 6.32. The average Bonchev–Trinajstić information content (AvgIpc) is 2.59. The predicted octanol–water partition coefficient (Wildman–Crippen LogP) is 1.79. The van der Waals surface area contributed by atoms with E-state index in [-0.39, 0.29) is 0 Å². The number of carbonyl (C=O) groups excluding carboxylic acids is 2. The third-order valence-electron chi connectivity index (χ3n) is 4.38. The van der Waals surface area contributed by atoms with E-state index in [9.17, 15) is 9.59 Å². The van der Waals surface area contributed by atoms with Gasteiger partial charge in [0.25, 0.3) is 0 Å².